The Kier molecular flexibility index (Phi) is 3.48. The van der Waals surface area contributed by atoms with E-state index in [0.29, 0.717) is 17.3 Å². The van der Waals surface area contributed by atoms with Gasteiger partial charge in [0.1, 0.15) is 5.15 Å². The summed E-state index contributed by atoms with van der Waals surface area (Å²) in [5.74, 6) is -0.183. The molecule has 0 bridgehead atoms. The molecule has 0 aliphatic rings. The van der Waals surface area contributed by atoms with E-state index in [9.17, 15) is 4.79 Å². The van der Waals surface area contributed by atoms with Crippen LogP contribution in [0.4, 0.5) is 0 Å². The van der Waals surface area contributed by atoms with E-state index >= 15 is 0 Å². The third-order valence-corrected chi connectivity index (χ3v) is 2.74. The van der Waals surface area contributed by atoms with Gasteiger partial charge in [0.2, 0.25) is 0 Å². The third kappa shape index (κ3) is 2.77. The summed E-state index contributed by atoms with van der Waals surface area (Å²) in [6.07, 6.45) is 1.50. The molecule has 1 amide bonds. The second-order valence-corrected chi connectivity index (χ2v) is 4.14. The van der Waals surface area contributed by atoms with Gasteiger partial charge < -0.3 is 5.32 Å². The van der Waals surface area contributed by atoms with Gasteiger partial charge >= 0.3 is 0 Å². The second kappa shape index (κ2) is 5.05. The predicted molar refractivity (Wildman–Crippen MR) is 62.5 cm³/mol. The summed E-state index contributed by atoms with van der Waals surface area (Å²) in [7, 11) is 0. The number of nitrogens with one attached hydrogen (secondary N) is 1. The number of thiazole rings is 1. The lowest BCUT2D eigenvalue weighted by Gasteiger charge is -2.02. The van der Waals surface area contributed by atoms with Crippen LogP contribution >= 0.6 is 22.9 Å². The van der Waals surface area contributed by atoms with Crippen molar-refractivity contribution in [3.63, 3.8) is 0 Å². The Morgan fingerprint density at radius 1 is 1.50 bits per heavy atom. The lowest BCUT2D eigenvalue weighted by molar-refractivity contribution is 0.0950. The summed E-state index contributed by atoms with van der Waals surface area (Å²) in [6, 6.07) is 3.14. The van der Waals surface area contributed by atoms with Gasteiger partial charge in [0.15, 0.2) is 0 Å². The average molecular weight is 254 g/mol. The second-order valence-electron chi connectivity index (χ2n) is 3.03. The highest BCUT2D eigenvalue weighted by molar-refractivity contribution is 7.07. The van der Waals surface area contributed by atoms with Gasteiger partial charge in [-0.25, -0.2) is 9.97 Å². The van der Waals surface area contributed by atoms with Crippen molar-refractivity contribution in [2.45, 2.75) is 6.54 Å². The molecule has 82 valence electrons. The van der Waals surface area contributed by atoms with Crippen molar-refractivity contribution < 1.29 is 4.79 Å². The minimum atomic E-state index is -0.183. The molecule has 2 rings (SSSR count). The van der Waals surface area contributed by atoms with E-state index in [-0.39, 0.29) is 5.91 Å². The molecule has 0 aliphatic carbocycles. The molecule has 2 heterocycles. The molecule has 4 nitrogen and oxygen atoms in total. The van der Waals surface area contributed by atoms with Crippen molar-refractivity contribution in [3.8, 4) is 0 Å². The lowest BCUT2D eigenvalue weighted by Crippen LogP contribution is -2.22. The number of pyridine rings is 1. The fourth-order valence-electron chi connectivity index (χ4n) is 1.14. The van der Waals surface area contributed by atoms with Crippen LogP contribution in [-0.2, 0) is 6.54 Å². The molecule has 0 atom stereocenters. The Labute approximate surface area is 101 Å². The number of carbonyl (C=O) groups excluding carboxylic acids is 1. The maximum atomic E-state index is 11.7. The molecule has 0 spiro atoms. The first kappa shape index (κ1) is 11.0. The molecule has 0 aliphatic heterocycles. The zero-order chi connectivity index (χ0) is 11.4. The lowest BCUT2D eigenvalue weighted by atomic mass is 10.2. The Hall–Kier alpha value is -1.46. The van der Waals surface area contributed by atoms with Gasteiger partial charge in [-0.05, 0) is 12.1 Å². The zero-order valence-electron chi connectivity index (χ0n) is 8.18. The SMILES string of the molecule is O=C(NCc1cscn1)c1ccnc(Cl)c1. The Bertz CT molecular complexity index is 487. The van der Waals surface area contributed by atoms with Crippen LogP contribution < -0.4 is 5.32 Å². The maximum absolute atomic E-state index is 11.7. The summed E-state index contributed by atoms with van der Waals surface area (Å²) >= 11 is 7.18. The number of amides is 1. The van der Waals surface area contributed by atoms with E-state index in [4.69, 9.17) is 11.6 Å². The first-order chi connectivity index (χ1) is 7.75. The molecule has 0 unspecified atom stereocenters. The fourth-order valence-corrected chi connectivity index (χ4v) is 1.87. The highest BCUT2D eigenvalue weighted by Crippen LogP contribution is 2.07. The van der Waals surface area contributed by atoms with E-state index in [0.717, 1.165) is 5.69 Å². The number of rotatable bonds is 3. The normalized spacial score (nSPS) is 10.1. The van der Waals surface area contributed by atoms with Gasteiger partial charge in [0.25, 0.3) is 5.91 Å². The standard InChI is InChI=1S/C10H8ClN3OS/c11-9-3-7(1-2-12-9)10(15)13-4-8-5-16-6-14-8/h1-3,5-6H,4H2,(H,13,15). The van der Waals surface area contributed by atoms with E-state index in [2.05, 4.69) is 15.3 Å². The average Bonchev–Trinajstić information content (AvgIpc) is 2.78. The number of aromatic nitrogens is 2. The van der Waals surface area contributed by atoms with Gasteiger partial charge in [0, 0.05) is 17.1 Å². The number of carbonyl (C=O) groups is 1. The number of halogens is 1. The zero-order valence-corrected chi connectivity index (χ0v) is 9.76. The molecule has 2 aromatic rings. The molecule has 16 heavy (non-hydrogen) atoms. The molecule has 0 fully saturated rings. The molecule has 1 N–H and O–H groups in total. The monoisotopic (exact) mass is 253 g/mol. The summed E-state index contributed by atoms with van der Waals surface area (Å²) < 4.78 is 0. The first-order valence-electron chi connectivity index (χ1n) is 4.52. The molecule has 0 radical (unpaired) electrons. The van der Waals surface area contributed by atoms with Crippen molar-refractivity contribution in [2.24, 2.45) is 0 Å². The van der Waals surface area contributed by atoms with Crippen LogP contribution in [0.15, 0.2) is 29.2 Å². The van der Waals surface area contributed by atoms with E-state index in [1.807, 2.05) is 5.38 Å². The molecule has 0 aromatic carbocycles. The summed E-state index contributed by atoms with van der Waals surface area (Å²) in [5.41, 5.74) is 3.07. The van der Waals surface area contributed by atoms with Crippen LogP contribution in [0.25, 0.3) is 0 Å². The van der Waals surface area contributed by atoms with Crippen LogP contribution in [-0.4, -0.2) is 15.9 Å². The van der Waals surface area contributed by atoms with Crippen molar-refractivity contribution in [3.05, 3.63) is 45.6 Å². The van der Waals surface area contributed by atoms with Crippen LogP contribution in [0.3, 0.4) is 0 Å². The molecule has 0 saturated carbocycles. The van der Waals surface area contributed by atoms with E-state index in [1.165, 1.54) is 23.6 Å². The molecular formula is C10H8ClN3OS. The summed E-state index contributed by atoms with van der Waals surface area (Å²) in [5, 5.41) is 4.94. The Morgan fingerprint density at radius 3 is 3.06 bits per heavy atom. The van der Waals surface area contributed by atoms with Crippen molar-refractivity contribution in [1.82, 2.24) is 15.3 Å². The molecule has 6 heteroatoms. The van der Waals surface area contributed by atoms with Crippen LogP contribution in [0.1, 0.15) is 16.1 Å². The minimum absolute atomic E-state index is 0.183. The van der Waals surface area contributed by atoms with Gasteiger partial charge in [0.05, 0.1) is 17.7 Å². The maximum Gasteiger partial charge on any atom is 0.251 e. The summed E-state index contributed by atoms with van der Waals surface area (Å²) in [4.78, 5) is 19.5. The van der Waals surface area contributed by atoms with Crippen LogP contribution in [0.2, 0.25) is 5.15 Å². The highest BCUT2D eigenvalue weighted by atomic mass is 35.5. The Morgan fingerprint density at radius 2 is 2.38 bits per heavy atom. The fraction of sp³-hybridized carbons (Fsp3) is 0.100. The first-order valence-corrected chi connectivity index (χ1v) is 5.84. The van der Waals surface area contributed by atoms with Crippen LogP contribution in [0, 0.1) is 0 Å². The largest absolute Gasteiger partial charge is 0.346 e. The van der Waals surface area contributed by atoms with Gasteiger partial charge in [-0.3, -0.25) is 4.79 Å². The number of hydrogen-bond acceptors (Lipinski definition) is 4. The Balaban J connectivity index is 1.98. The predicted octanol–water partition coefficient (Wildman–Crippen LogP) is 2.12. The van der Waals surface area contributed by atoms with E-state index < -0.39 is 0 Å². The van der Waals surface area contributed by atoms with Crippen LogP contribution in [0.5, 0.6) is 0 Å². The number of hydrogen-bond donors (Lipinski definition) is 1. The summed E-state index contributed by atoms with van der Waals surface area (Å²) in [6.45, 7) is 0.419. The minimum Gasteiger partial charge on any atom is -0.346 e. The molecular weight excluding hydrogens is 246 g/mol. The topological polar surface area (TPSA) is 54.9 Å². The molecule has 0 saturated heterocycles. The van der Waals surface area contributed by atoms with Gasteiger partial charge in [-0.2, -0.15) is 0 Å². The molecule has 2 aromatic heterocycles. The number of nitrogens with zero attached hydrogens (tertiary/aromatic N) is 2. The van der Waals surface area contributed by atoms with Gasteiger partial charge in [-0.1, -0.05) is 11.6 Å². The van der Waals surface area contributed by atoms with Crippen molar-refractivity contribution in [2.75, 3.05) is 0 Å². The highest BCUT2D eigenvalue weighted by Gasteiger charge is 2.06. The smallest absolute Gasteiger partial charge is 0.251 e. The van der Waals surface area contributed by atoms with Crippen molar-refractivity contribution in [1.29, 1.82) is 0 Å². The van der Waals surface area contributed by atoms with E-state index in [1.54, 1.807) is 11.6 Å². The van der Waals surface area contributed by atoms with Crippen molar-refractivity contribution >= 4 is 28.8 Å². The van der Waals surface area contributed by atoms with Gasteiger partial charge in [-0.15, -0.1) is 11.3 Å². The third-order valence-electron chi connectivity index (χ3n) is 1.90. The quantitative estimate of drug-likeness (QED) is 0.853.